The van der Waals surface area contributed by atoms with Gasteiger partial charge in [0, 0.05) is 23.0 Å². The van der Waals surface area contributed by atoms with Gasteiger partial charge >= 0.3 is 5.97 Å². The first-order chi connectivity index (χ1) is 10.9. The third-order valence-corrected chi connectivity index (χ3v) is 4.48. The normalized spacial score (nSPS) is 15.3. The number of halogens is 1. The van der Waals surface area contributed by atoms with Crippen LogP contribution < -0.4 is 10.6 Å². The van der Waals surface area contributed by atoms with Crippen molar-refractivity contribution < 1.29 is 19.5 Å². The van der Waals surface area contributed by atoms with Crippen LogP contribution in [0, 0.1) is 0 Å². The summed E-state index contributed by atoms with van der Waals surface area (Å²) in [7, 11) is 0. The van der Waals surface area contributed by atoms with Crippen LogP contribution >= 0.6 is 15.9 Å². The highest BCUT2D eigenvalue weighted by Gasteiger charge is 2.40. The van der Waals surface area contributed by atoms with E-state index in [2.05, 4.69) is 26.6 Å². The summed E-state index contributed by atoms with van der Waals surface area (Å²) in [5.74, 6) is -1.38. The number of benzene rings is 1. The minimum atomic E-state index is -0.909. The second-order valence-electron chi connectivity index (χ2n) is 5.77. The van der Waals surface area contributed by atoms with Gasteiger partial charge in [-0.1, -0.05) is 15.9 Å². The number of carboxylic acids is 1. The number of nitrogens with one attached hydrogen (secondary N) is 2. The highest BCUT2D eigenvalue weighted by atomic mass is 79.9. The molecule has 6 nitrogen and oxygen atoms in total. The Morgan fingerprint density at radius 3 is 2.35 bits per heavy atom. The van der Waals surface area contributed by atoms with Crippen molar-refractivity contribution in [1.82, 2.24) is 10.6 Å². The van der Waals surface area contributed by atoms with E-state index in [4.69, 9.17) is 5.11 Å². The molecule has 0 aliphatic heterocycles. The molecular formula is C16H19BrN2O4. The molecule has 1 fully saturated rings. The zero-order valence-corrected chi connectivity index (χ0v) is 14.2. The molecule has 0 unspecified atom stereocenters. The predicted molar refractivity (Wildman–Crippen MR) is 88.1 cm³/mol. The van der Waals surface area contributed by atoms with Crippen LogP contribution in [0.4, 0.5) is 0 Å². The van der Waals surface area contributed by atoms with Gasteiger partial charge in [-0.3, -0.25) is 14.4 Å². The van der Waals surface area contributed by atoms with E-state index < -0.39 is 11.5 Å². The van der Waals surface area contributed by atoms with Gasteiger partial charge in [0.25, 0.3) is 5.91 Å². The van der Waals surface area contributed by atoms with Crippen molar-refractivity contribution in [3.05, 3.63) is 34.3 Å². The summed E-state index contributed by atoms with van der Waals surface area (Å²) in [5, 5.41) is 14.4. The molecule has 1 saturated carbocycles. The molecule has 2 amide bonds. The van der Waals surface area contributed by atoms with Crippen LogP contribution in [-0.2, 0) is 9.59 Å². The number of hydrogen-bond acceptors (Lipinski definition) is 3. The van der Waals surface area contributed by atoms with Crippen LogP contribution in [0.3, 0.4) is 0 Å². The van der Waals surface area contributed by atoms with Crippen LogP contribution in [0.1, 0.15) is 42.5 Å². The monoisotopic (exact) mass is 382 g/mol. The van der Waals surface area contributed by atoms with Gasteiger partial charge in [-0.15, -0.1) is 0 Å². The molecule has 2 rings (SSSR count). The summed E-state index contributed by atoms with van der Waals surface area (Å²) < 4.78 is 0.887. The van der Waals surface area contributed by atoms with Crippen molar-refractivity contribution in [2.24, 2.45) is 0 Å². The van der Waals surface area contributed by atoms with Crippen LogP contribution in [0.15, 0.2) is 28.7 Å². The number of rotatable bonds is 7. The average molecular weight is 383 g/mol. The average Bonchev–Trinajstić information content (AvgIpc) is 2.45. The van der Waals surface area contributed by atoms with Gasteiger partial charge in [0.15, 0.2) is 0 Å². The van der Waals surface area contributed by atoms with E-state index in [0.717, 1.165) is 10.9 Å². The van der Waals surface area contributed by atoms with Crippen molar-refractivity contribution in [3.8, 4) is 0 Å². The fourth-order valence-electron chi connectivity index (χ4n) is 2.59. The quantitative estimate of drug-likeness (QED) is 0.672. The van der Waals surface area contributed by atoms with Crippen molar-refractivity contribution in [2.75, 3.05) is 6.54 Å². The van der Waals surface area contributed by atoms with Gasteiger partial charge in [-0.2, -0.15) is 0 Å². The molecule has 124 valence electrons. The molecular weight excluding hydrogens is 364 g/mol. The highest BCUT2D eigenvalue weighted by molar-refractivity contribution is 9.10. The van der Waals surface area contributed by atoms with Gasteiger partial charge in [0.05, 0.1) is 12.0 Å². The van der Waals surface area contributed by atoms with Gasteiger partial charge in [-0.25, -0.2) is 0 Å². The molecule has 1 aromatic rings. The SMILES string of the molecule is O=C(O)CC1(NC(=O)CCNC(=O)c2ccc(Br)cc2)CCC1. The van der Waals surface area contributed by atoms with E-state index >= 15 is 0 Å². The van der Waals surface area contributed by atoms with Crippen molar-refractivity contribution in [1.29, 1.82) is 0 Å². The maximum atomic E-state index is 11.9. The molecule has 0 radical (unpaired) electrons. The Hall–Kier alpha value is -1.89. The van der Waals surface area contributed by atoms with Gasteiger partial charge in [-0.05, 0) is 43.5 Å². The number of carboxylic acid groups (broad SMARTS) is 1. The van der Waals surface area contributed by atoms with Crippen LogP contribution in [0.25, 0.3) is 0 Å². The molecule has 0 atom stereocenters. The summed E-state index contributed by atoms with van der Waals surface area (Å²) in [6.07, 6.45) is 2.38. The van der Waals surface area contributed by atoms with E-state index in [-0.39, 0.29) is 31.2 Å². The molecule has 0 spiro atoms. The molecule has 1 aliphatic carbocycles. The molecule has 23 heavy (non-hydrogen) atoms. The summed E-state index contributed by atoms with van der Waals surface area (Å²) in [6, 6.07) is 6.92. The van der Waals surface area contributed by atoms with E-state index in [1.54, 1.807) is 24.3 Å². The van der Waals surface area contributed by atoms with Gasteiger partial charge in [0.2, 0.25) is 5.91 Å². The zero-order chi connectivity index (χ0) is 16.9. The first-order valence-corrected chi connectivity index (χ1v) is 8.26. The Kier molecular flexibility index (Phi) is 5.76. The fraction of sp³-hybridized carbons (Fsp3) is 0.438. The fourth-order valence-corrected chi connectivity index (χ4v) is 2.85. The van der Waals surface area contributed by atoms with Crippen LogP contribution in [-0.4, -0.2) is 35.0 Å². The lowest BCUT2D eigenvalue weighted by atomic mass is 9.74. The lowest BCUT2D eigenvalue weighted by Gasteiger charge is -2.41. The molecule has 7 heteroatoms. The Bertz CT molecular complexity index is 597. The van der Waals surface area contributed by atoms with E-state index in [1.807, 2.05) is 0 Å². The molecule has 3 N–H and O–H groups in total. The smallest absolute Gasteiger partial charge is 0.305 e. The number of amides is 2. The third kappa shape index (κ3) is 5.06. The number of aliphatic carboxylic acids is 1. The molecule has 0 aromatic heterocycles. The lowest BCUT2D eigenvalue weighted by Crippen LogP contribution is -2.55. The lowest BCUT2D eigenvalue weighted by molar-refractivity contribution is -0.140. The second-order valence-corrected chi connectivity index (χ2v) is 6.68. The minimum Gasteiger partial charge on any atom is -0.481 e. The van der Waals surface area contributed by atoms with Crippen molar-refractivity contribution in [3.63, 3.8) is 0 Å². The van der Waals surface area contributed by atoms with E-state index in [1.165, 1.54) is 0 Å². The third-order valence-electron chi connectivity index (χ3n) is 3.95. The largest absolute Gasteiger partial charge is 0.481 e. The first kappa shape index (κ1) is 17.5. The number of hydrogen-bond donors (Lipinski definition) is 3. The first-order valence-electron chi connectivity index (χ1n) is 7.47. The van der Waals surface area contributed by atoms with Crippen molar-refractivity contribution >= 4 is 33.7 Å². The molecule has 0 heterocycles. The second kappa shape index (κ2) is 7.59. The predicted octanol–water partition coefficient (Wildman–Crippen LogP) is 2.08. The maximum absolute atomic E-state index is 11.9. The molecule has 1 aromatic carbocycles. The molecule has 1 aliphatic rings. The topological polar surface area (TPSA) is 95.5 Å². The van der Waals surface area contributed by atoms with Crippen molar-refractivity contribution in [2.45, 2.75) is 37.6 Å². The van der Waals surface area contributed by atoms with E-state index in [0.29, 0.717) is 18.4 Å². The Labute approximate surface area is 142 Å². The summed E-state index contributed by atoms with van der Waals surface area (Å²) in [4.78, 5) is 34.7. The highest BCUT2D eigenvalue weighted by Crippen LogP contribution is 2.34. The summed E-state index contributed by atoms with van der Waals surface area (Å²) in [6.45, 7) is 0.212. The molecule has 0 saturated heterocycles. The molecule has 0 bridgehead atoms. The summed E-state index contributed by atoms with van der Waals surface area (Å²) >= 11 is 3.30. The Balaban J connectivity index is 1.75. The maximum Gasteiger partial charge on any atom is 0.305 e. The standard InChI is InChI=1S/C16H19BrN2O4/c17-12-4-2-11(3-5-12)15(23)18-9-6-13(20)19-16(7-1-8-16)10-14(21)22/h2-5H,1,6-10H2,(H,18,23)(H,19,20)(H,21,22). The Morgan fingerprint density at radius 2 is 1.83 bits per heavy atom. The van der Waals surface area contributed by atoms with Gasteiger partial charge in [0.1, 0.15) is 0 Å². The van der Waals surface area contributed by atoms with E-state index in [9.17, 15) is 14.4 Å². The zero-order valence-electron chi connectivity index (χ0n) is 12.6. The van der Waals surface area contributed by atoms with Crippen LogP contribution in [0.2, 0.25) is 0 Å². The minimum absolute atomic E-state index is 0.0516. The summed E-state index contributed by atoms with van der Waals surface area (Å²) in [5.41, 5.74) is -0.0755. The number of carbonyl (C=O) groups excluding carboxylic acids is 2. The number of carbonyl (C=O) groups is 3. The Morgan fingerprint density at radius 1 is 1.17 bits per heavy atom. The van der Waals surface area contributed by atoms with Gasteiger partial charge < -0.3 is 15.7 Å². The van der Waals surface area contributed by atoms with Crippen LogP contribution in [0.5, 0.6) is 0 Å².